The molecule has 5 nitrogen and oxygen atoms in total. The predicted molar refractivity (Wildman–Crippen MR) is 114 cm³/mol. The average molecular weight is 382 g/mol. The van der Waals surface area contributed by atoms with Crippen molar-refractivity contribution in [3.63, 3.8) is 0 Å². The van der Waals surface area contributed by atoms with Crippen LogP contribution in [-0.2, 0) is 4.74 Å². The Bertz CT molecular complexity index is 1000. The number of hydrogen-bond donors (Lipinski definition) is 0. The smallest absolute Gasteiger partial charge is 0.222 e. The fraction of sp³-hybridized carbons (Fsp3) is 0.478. The highest BCUT2D eigenvalue weighted by Crippen LogP contribution is 2.36. The van der Waals surface area contributed by atoms with Gasteiger partial charge < -0.3 is 14.0 Å². The number of aromatic nitrogens is 3. The lowest BCUT2D eigenvalue weighted by Crippen LogP contribution is -2.11. The van der Waals surface area contributed by atoms with Gasteiger partial charge in [0, 0.05) is 19.0 Å². The van der Waals surface area contributed by atoms with Crippen LogP contribution in [0.15, 0.2) is 18.3 Å². The Morgan fingerprint density at radius 1 is 1.00 bits per heavy atom. The summed E-state index contributed by atoms with van der Waals surface area (Å²) in [6, 6.07) is 4.40. The van der Waals surface area contributed by atoms with Crippen molar-refractivity contribution < 1.29 is 9.47 Å². The van der Waals surface area contributed by atoms with Crippen LogP contribution < -0.4 is 4.74 Å². The number of nitrogens with zero attached hydrogens (tertiary/aromatic N) is 3. The van der Waals surface area contributed by atoms with Crippen LogP contribution >= 0.6 is 0 Å². The predicted octanol–water partition coefficient (Wildman–Crippen LogP) is 5.36. The largest absolute Gasteiger partial charge is 0.480 e. The van der Waals surface area contributed by atoms with E-state index in [1.54, 1.807) is 14.2 Å². The van der Waals surface area contributed by atoms with Gasteiger partial charge in [-0.1, -0.05) is 13.8 Å². The van der Waals surface area contributed by atoms with Crippen LogP contribution in [0, 0.1) is 20.8 Å². The van der Waals surface area contributed by atoms with Gasteiger partial charge in [-0.25, -0.2) is 9.97 Å². The summed E-state index contributed by atoms with van der Waals surface area (Å²) in [5.41, 5.74) is 8.63. The van der Waals surface area contributed by atoms with Crippen molar-refractivity contribution in [3.8, 4) is 17.1 Å². The van der Waals surface area contributed by atoms with E-state index < -0.39 is 0 Å². The van der Waals surface area contributed by atoms with Crippen molar-refractivity contribution in [1.29, 1.82) is 0 Å². The molecular formula is C23H31N3O2. The molecule has 3 aromatic rings. The molecule has 0 aliphatic heterocycles. The van der Waals surface area contributed by atoms with Crippen LogP contribution in [0.2, 0.25) is 0 Å². The number of fused-ring (bicyclic) bond motifs is 1. The van der Waals surface area contributed by atoms with Crippen molar-refractivity contribution in [2.24, 2.45) is 0 Å². The summed E-state index contributed by atoms with van der Waals surface area (Å²) in [7, 11) is 3.41. The zero-order chi connectivity index (χ0) is 20.6. The Hall–Kier alpha value is -2.40. The third-order valence-corrected chi connectivity index (χ3v) is 5.49. The molecule has 150 valence electrons. The highest BCUT2D eigenvalue weighted by Gasteiger charge is 2.21. The Morgan fingerprint density at radius 2 is 1.71 bits per heavy atom. The molecular weight excluding hydrogens is 350 g/mol. The van der Waals surface area contributed by atoms with Crippen molar-refractivity contribution in [2.75, 3.05) is 20.8 Å². The normalized spacial score (nSPS) is 12.8. The maximum absolute atomic E-state index is 5.63. The lowest BCUT2D eigenvalue weighted by molar-refractivity contribution is 0.164. The molecule has 0 radical (unpaired) electrons. The Balaban J connectivity index is 2.25. The fourth-order valence-electron chi connectivity index (χ4n) is 3.75. The molecule has 0 amide bonds. The molecule has 0 spiro atoms. The molecule has 0 aromatic carbocycles. The van der Waals surface area contributed by atoms with Gasteiger partial charge in [-0.05, 0) is 62.4 Å². The summed E-state index contributed by atoms with van der Waals surface area (Å²) in [5, 5.41) is 0. The van der Waals surface area contributed by atoms with E-state index in [0.717, 1.165) is 33.6 Å². The van der Waals surface area contributed by atoms with Crippen molar-refractivity contribution >= 4 is 11.0 Å². The minimum atomic E-state index is 0.244. The molecule has 1 unspecified atom stereocenters. The topological polar surface area (TPSA) is 49.2 Å². The Morgan fingerprint density at radius 3 is 2.32 bits per heavy atom. The highest BCUT2D eigenvalue weighted by molar-refractivity contribution is 5.88. The van der Waals surface area contributed by atoms with Crippen LogP contribution in [0.25, 0.3) is 22.3 Å². The SMILES string of the molecule is COCC(C)n1cc(C)c2nc(-c3ccc(C(C)C)nc3OC)c(C)c(C)c21. The quantitative estimate of drug-likeness (QED) is 0.576. The van der Waals surface area contributed by atoms with E-state index in [0.29, 0.717) is 18.4 Å². The number of pyridine rings is 2. The third kappa shape index (κ3) is 3.39. The third-order valence-electron chi connectivity index (χ3n) is 5.49. The van der Waals surface area contributed by atoms with E-state index in [-0.39, 0.29) is 6.04 Å². The zero-order valence-corrected chi connectivity index (χ0v) is 18.3. The van der Waals surface area contributed by atoms with Gasteiger partial charge in [0.2, 0.25) is 5.88 Å². The van der Waals surface area contributed by atoms with E-state index in [1.165, 1.54) is 11.1 Å². The van der Waals surface area contributed by atoms with Gasteiger partial charge in [0.25, 0.3) is 0 Å². The van der Waals surface area contributed by atoms with Gasteiger partial charge in [-0.2, -0.15) is 0 Å². The Labute approximate surface area is 167 Å². The van der Waals surface area contributed by atoms with Crippen LogP contribution in [0.5, 0.6) is 5.88 Å². The molecule has 3 heterocycles. The number of aryl methyl sites for hydroxylation is 2. The summed E-state index contributed by atoms with van der Waals surface area (Å²) in [6.07, 6.45) is 2.18. The summed E-state index contributed by atoms with van der Waals surface area (Å²) in [6.45, 7) is 13.5. The lowest BCUT2D eigenvalue weighted by Gasteiger charge is -2.18. The summed E-state index contributed by atoms with van der Waals surface area (Å²) in [4.78, 5) is 9.78. The van der Waals surface area contributed by atoms with Gasteiger partial charge in [0.15, 0.2) is 0 Å². The minimum Gasteiger partial charge on any atom is -0.480 e. The number of ether oxygens (including phenoxy) is 2. The van der Waals surface area contributed by atoms with Gasteiger partial charge in [-0.15, -0.1) is 0 Å². The highest BCUT2D eigenvalue weighted by atomic mass is 16.5. The van der Waals surface area contributed by atoms with Crippen molar-refractivity contribution in [1.82, 2.24) is 14.5 Å². The standard InChI is InChI=1S/C23H31N3O2/c1-13(2)19-10-9-18(23(24-19)28-8)21-16(5)17(6)22-20(25-21)14(3)11-26(22)15(4)12-27-7/h9-11,13,15H,12H2,1-8H3. The van der Waals surface area contributed by atoms with Crippen molar-refractivity contribution in [3.05, 3.63) is 40.7 Å². The molecule has 0 fully saturated rings. The summed E-state index contributed by atoms with van der Waals surface area (Å²) < 4.78 is 13.3. The lowest BCUT2D eigenvalue weighted by atomic mass is 10.0. The molecule has 0 N–H and O–H groups in total. The van der Waals surface area contributed by atoms with Gasteiger partial charge in [0.1, 0.15) is 0 Å². The molecule has 1 atom stereocenters. The maximum atomic E-state index is 5.63. The van der Waals surface area contributed by atoms with E-state index >= 15 is 0 Å². The first-order valence-corrected chi connectivity index (χ1v) is 9.82. The van der Waals surface area contributed by atoms with E-state index in [2.05, 4.69) is 64.4 Å². The monoisotopic (exact) mass is 381 g/mol. The molecule has 0 saturated heterocycles. The number of hydrogen-bond acceptors (Lipinski definition) is 4. The molecule has 0 bridgehead atoms. The number of rotatable bonds is 6. The summed E-state index contributed by atoms with van der Waals surface area (Å²) in [5.74, 6) is 0.977. The molecule has 3 aromatic heterocycles. The maximum Gasteiger partial charge on any atom is 0.222 e. The first-order chi connectivity index (χ1) is 13.3. The zero-order valence-electron chi connectivity index (χ0n) is 18.3. The molecule has 3 rings (SSSR count). The van der Waals surface area contributed by atoms with Crippen LogP contribution in [0.4, 0.5) is 0 Å². The van der Waals surface area contributed by atoms with Crippen LogP contribution in [0.1, 0.15) is 55.1 Å². The first kappa shape index (κ1) is 20.3. The first-order valence-electron chi connectivity index (χ1n) is 9.82. The van der Waals surface area contributed by atoms with E-state index in [1.807, 2.05) is 0 Å². The average Bonchev–Trinajstić information content (AvgIpc) is 3.01. The van der Waals surface area contributed by atoms with Gasteiger partial charge in [-0.3, -0.25) is 0 Å². The molecule has 5 heteroatoms. The molecule has 0 aliphatic rings. The molecule has 0 aliphatic carbocycles. The fourth-order valence-corrected chi connectivity index (χ4v) is 3.75. The van der Waals surface area contributed by atoms with Gasteiger partial charge >= 0.3 is 0 Å². The minimum absolute atomic E-state index is 0.244. The van der Waals surface area contributed by atoms with Crippen LogP contribution in [0.3, 0.4) is 0 Å². The van der Waals surface area contributed by atoms with Gasteiger partial charge in [0.05, 0.1) is 42.0 Å². The second-order valence-corrected chi connectivity index (χ2v) is 7.88. The number of methoxy groups -OCH3 is 2. The van der Waals surface area contributed by atoms with Crippen LogP contribution in [-0.4, -0.2) is 35.4 Å². The molecule has 28 heavy (non-hydrogen) atoms. The van der Waals surface area contributed by atoms with E-state index in [9.17, 15) is 0 Å². The second kappa shape index (κ2) is 7.92. The second-order valence-electron chi connectivity index (χ2n) is 7.88. The Kier molecular flexibility index (Phi) is 5.75. The summed E-state index contributed by atoms with van der Waals surface area (Å²) >= 11 is 0. The van der Waals surface area contributed by atoms with Crippen molar-refractivity contribution in [2.45, 2.75) is 53.5 Å². The van der Waals surface area contributed by atoms with E-state index in [4.69, 9.17) is 19.4 Å². The molecule has 0 saturated carbocycles.